The van der Waals surface area contributed by atoms with Crippen molar-refractivity contribution in [3.8, 4) is 5.75 Å². The Balaban J connectivity index is 1.85. The van der Waals surface area contributed by atoms with Crippen LogP contribution >= 0.6 is 11.6 Å². The van der Waals surface area contributed by atoms with E-state index in [-0.39, 0.29) is 30.2 Å². The predicted octanol–water partition coefficient (Wildman–Crippen LogP) is 3.29. The number of ether oxygens (including phenoxy) is 1. The van der Waals surface area contributed by atoms with Crippen LogP contribution in [0.3, 0.4) is 0 Å². The minimum absolute atomic E-state index is 0.106. The second kappa shape index (κ2) is 10.3. The first-order valence-electron chi connectivity index (χ1n) is 10.0. The highest BCUT2D eigenvalue weighted by Gasteiger charge is 2.28. The number of urea groups is 1. The molecule has 160 valence electrons. The molecule has 0 atom stereocenters. The van der Waals surface area contributed by atoms with E-state index in [0.29, 0.717) is 37.5 Å². The van der Waals surface area contributed by atoms with Crippen LogP contribution in [0.2, 0.25) is 5.02 Å². The molecule has 0 radical (unpaired) electrons. The van der Waals surface area contributed by atoms with Crippen molar-refractivity contribution in [2.45, 2.75) is 19.9 Å². The lowest BCUT2D eigenvalue weighted by molar-refractivity contribution is 0.0985. The number of anilines is 1. The van der Waals surface area contributed by atoms with Crippen molar-refractivity contribution in [3.63, 3.8) is 0 Å². The van der Waals surface area contributed by atoms with E-state index in [9.17, 15) is 9.59 Å². The summed E-state index contributed by atoms with van der Waals surface area (Å²) in [7, 11) is 0. The summed E-state index contributed by atoms with van der Waals surface area (Å²) in [6.07, 6.45) is 0.858. The Kier molecular flexibility index (Phi) is 7.54. The van der Waals surface area contributed by atoms with Crippen LogP contribution in [-0.2, 0) is 6.54 Å². The number of nitrogens with zero attached hydrogens (tertiary/aromatic N) is 2. The number of amides is 3. The smallest absolute Gasteiger partial charge is 0.317 e. The fraction of sp³-hybridized carbons (Fsp3) is 0.364. The zero-order valence-electron chi connectivity index (χ0n) is 16.9. The highest BCUT2D eigenvalue weighted by Crippen LogP contribution is 2.29. The van der Waals surface area contributed by atoms with Crippen molar-refractivity contribution in [1.29, 1.82) is 0 Å². The van der Waals surface area contributed by atoms with E-state index in [1.165, 1.54) is 0 Å². The van der Waals surface area contributed by atoms with Gasteiger partial charge in [-0.15, -0.1) is 0 Å². The SMILES string of the molecule is CCCNC(=O)N1CCN(C(=O)c2ccc(OCCO)cc2Cl)c2ccccc2C1. The Morgan fingerprint density at radius 2 is 2.00 bits per heavy atom. The Bertz CT molecular complexity index is 906. The maximum absolute atomic E-state index is 13.4. The minimum atomic E-state index is -0.239. The molecule has 2 aromatic carbocycles. The fourth-order valence-corrected chi connectivity index (χ4v) is 3.58. The van der Waals surface area contributed by atoms with E-state index >= 15 is 0 Å². The number of aliphatic hydroxyl groups excluding tert-OH is 1. The molecule has 0 fully saturated rings. The standard InChI is InChI=1S/C22H26ClN3O4/c1-2-9-24-22(29)25-10-11-26(20-6-4-3-5-16(20)15-25)21(28)18-8-7-17(14-19(18)23)30-13-12-27/h3-8,14,27H,2,9-13,15H2,1H3,(H,24,29). The molecule has 0 saturated heterocycles. The third kappa shape index (κ3) is 5.04. The van der Waals surface area contributed by atoms with Crippen molar-refractivity contribution < 1.29 is 19.4 Å². The van der Waals surface area contributed by atoms with E-state index in [1.807, 2.05) is 31.2 Å². The highest BCUT2D eigenvalue weighted by atomic mass is 35.5. The van der Waals surface area contributed by atoms with Gasteiger partial charge in [0.2, 0.25) is 0 Å². The van der Waals surface area contributed by atoms with Gasteiger partial charge in [0.25, 0.3) is 5.91 Å². The van der Waals surface area contributed by atoms with Gasteiger partial charge in [0, 0.05) is 31.9 Å². The molecule has 3 rings (SSSR count). The molecule has 0 spiro atoms. The fourth-order valence-electron chi connectivity index (χ4n) is 3.33. The largest absolute Gasteiger partial charge is 0.491 e. The average molecular weight is 432 g/mol. The number of fused-ring (bicyclic) bond motifs is 1. The van der Waals surface area contributed by atoms with Crippen LogP contribution in [0, 0.1) is 0 Å². The van der Waals surface area contributed by atoms with Crippen molar-refractivity contribution in [1.82, 2.24) is 10.2 Å². The molecule has 0 saturated carbocycles. The Labute approximate surface area is 181 Å². The molecular weight excluding hydrogens is 406 g/mol. The third-order valence-electron chi connectivity index (χ3n) is 4.83. The van der Waals surface area contributed by atoms with Crippen molar-refractivity contribution in [2.75, 3.05) is 37.7 Å². The minimum Gasteiger partial charge on any atom is -0.491 e. The number of benzene rings is 2. The summed E-state index contributed by atoms with van der Waals surface area (Å²) < 4.78 is 5.35. The van der Waals surface area contributed by atoms with Gasteiger partial charge >= 0.3 is 6.03 Å². The molecular formula is C22H26ClN3O4. The van der Waals surface area contributed by atoms with Gasteiger partial charge in [-0.2, -0.15) is 0 Å². The number of rotatable bonds is 6. The quantitative estimate of drug-likeness (QED) is 0.735. The summed E-state index contributed by atoms with van der Waals surface area (Å²) in [5, 5.41) is 12.1. The second-order valence-electron chi connectivity index (χ2n) is 6.95. The molecule has 8 heteroatoms. The molecule has 2 aromatic rings. The lowest BCUT2D eigenvalue weighted by atomic mass is 10.1. The Hall–Kier alpha value is -2.77. The van der Waals surface area contributed by atoms with Crippen LogP contribution in [0.4, 0.5) is 10.5 Å². The number of nitrogens with one attached hydrogen (secondary N) is 1. The monoisotopic (exact) mass is 431 g/mol. The summed E-state index contributed by atoms with van der Waals surface area (Å²) in [5.41, 5.74) is 2.02. The second-order valence-corrected chi connectivity index (χ2v) is 7.36. The molecule has 0 unspecified atom stereocenters. The van der Waals surface area contributed by atoms with Gasteiger partial charge in [0.15, 0.2) is 0 Å². The predicted molar refractivity (Wildman–Crippen MR) is 116 cm³/mol. The number of carbonyl (C=O) groups excluding carboxylic acids is 2. The first kappa shape index (κ1) is 21.9. The first-order valence-corrected chi connectivity index (χ1v) is 10.4. The Morgan fingerprint density at radius 3 is 2.73 bits per heavy atom. The molecule has 1 aliphatic heterocycles. The van der Waals surface area contributed by atoms with Gasteiger partial charge in [0.1, 0.15) is 12.4 Å². The van der Waals surface area contributed by atoms with E-state index in [2.05, 4.69) is 5.32 Å². The van der Waals surface area contributed by atoms with Gasteiger partial charge in [-0.25, -0.2) is 4.79 Å². The van der Waals surface area contributed by atoms with Crippen LogP contribution in [0.5, 0.6) is 5.75 Å². The van der Waals surface area contributed by atoms with Gasteiger partial charge in [-0.3, -0.25) is 4.79 Å². The van der Waals surface area contributed by atoms with Crippen molar-refractivity contribution in [3.05, 3.63) is 58.6 Å². The highest BCUT2D eigenvalue weighted by molar-refractivity contribution is 6.34. The summed E-state index contributed by atoms with van der Waals surface area (Å²) in [6.45, 7) is 3.85. The lowest BCUT2D eigenvalue weighted by Gasteiger charge is -2.24. The molecule has 30 heavy (non-hydrogen) atoms. The first-order chi connectivity index (χ1) is 14.5. The molecule has 7 nitrogen and oxygen atoms in total. The maximum Gasteiger partial charge on any atom is 0.317 e. The Morgan fingerprint density at radius 1 is 1.20 bits per heavy atom. The van der Waals surface area contributed by atoms with Gasteiger partial charge < -0.3 is 25.0 Å². The number of hydrogen-bond acceptors (Lipinski definition) is 4. The molecule has 0 aromatic heterocycles. The summed E-state index contributed by atoms with van der Waals surface area (Å²) >= 11 is 6.36. The molecule has 1 aliphatic rings. The zero-order chi connectivity index (χ0) is 21.5. The summed E-state index contributed by atoms with van der Waals surface area (Å²) in [5.74, 6) is 0.248. The lowest BCUT2D eigenvalue weighted by Crippen LogP contribution is -2.42. The van der Waals surface area contributed by atoms with Crippen LogP contribution in [0.1, 0.15) is 29.3 Å². The zero-order valence-corrected chi connectivity index (χ0v) is 17.7. The van der Waals surface area contributed by atoms with Crippen LogP contribution < -0.4 is 15.0 Å². The van der Waals surface area contributed by atoms with E-state index in [1.54, 1.807) is 28.0 Å². The number of para-hydroxylation sites is 1. The van der Waals surface area contributed by atoms with E-state index in [4.69, 9.17) is 21.4 Å². The average Bonchev–Trinajstić information content (AvgIpc) is 2.95. The third-order valence-corrected chi connectivity index (χ3v) is 5.14. The van der Waals surface area contributed by atoms with Gasteiger partial charge in [-0.1, -0.05) is 36.7 Å². The van der Waals surface area contributed by atoms with Crippen LogP contribution in [0.15, 0.2) is 42.5 Å². The summed E-state index contributed by atoms with van der Waals surface area (Å²) in [6, 6.07) is 12.3. The van der Waals surface area contributed by atoms with Crippen LogP contribution in [0.25, 0.3) is 0 Å². The van der Waals surface area contributed by atoms with Gasteiger partial charge in [0.05, 0.1) is 17.2 Å². The van der Waals surface area contributed by atoms with Crippen molar-refractivity contribution >= 4 is 29.2 Å². The van der Waals surface area contributed by atoms with Gasteiger partial charge in [-0.05, 0) is 36.2 Å². The molecule has 3 amide bonds. The molecule has 0 bridgehead atoms. The number of aliphatic hydroxyl groups is 1. The van der Waals surface area contributed by atoms with E-state index in [0.717, 1.165) is 17.7 Å². The van der Waals surface area contributed by atoms with Crippen LogP contribution in [-0.4, -0.2) is 54.8 Å². The maximum atomic E-state index is 13.4. The normalized spacial score (nSPS) is 13.4. The van der Waals surface area contributed by atoms with Crippen molar-refractivity contribution in [2.24, 2.45) is 0 Å². The summed E-state index contributed by atoms with van der Waals surface area (Å²) in [4.78, 5) is 29.2. The molecule has 1 heterocycles. The molecule has 2 N–H and O–H groups in total. The number of halogens is 1. The number of hydrogen-bond donors (Lipinski definition) is 2. The topological polar surface area (TPSA) is 82.1 Å². The number of carbonyl (C=O) groups is 2. The van der Waals surface area contributed by atoms with E-state index < -0.39 is 0 Å². The molecule has 0 aliphatic carbocycles.